The number of thioether (sulfide) groups is 1. The Bertz CT molecular complexity index is 658. The zero-order valence-corrected chi connectivity index (χ0v) is 15.8. The van der Waals surface area contributed by atoms with E-state index in [0.717, 1.165) is 42.1 Å². The van der Waals surface area contributed by atoms with Crippen LogP contribution >= 0.6 is 27.7 Å². The predicted molar refractivity (Wildman–Crippen MR) is 101 cm³/mol. The molecule has 0 aliphatic carbocycles. The average molecular weight is 406 g/mol. The average Bonchev–Trinajstić information content (AvgIpc) is 2.62. The molecule has 0 spiro atoms. The summed E-state index contributed by atoms with van der Waals surface area (Å²) in [5.74, 6) is 0.734. The van der Waals surface area contributed by atoms with Crippen LogP contribution in [0.15, 0.2) is 58.2 Å². The molecule has 1 aliphatic heterocycles. The second-order valence-corrected chi connectivity index (χ2v) is 7.72. The second kappa shape index (κ2) is 8.65. The Morgan fingerprint density at radius 3 is 2.38 bits per heavy atom. The van der Waals surface area contributed by atoms with Gasteiger partial charge >= 0.3 is 0 Å². The molecule has 0 radical (unpaired) electrons. The van der Waals surface area contributed by atoms with Crippen LogP contribution in [0.4, 0.5) is 0 Å². The summed E-state index contributed by atoms with van der Waals surface area (Å²) in [7, 11) is 0. The van der Waals surface area contributed by atoms with Crippen LogP contribution in [-0.2, 0) is 11.3 Å². The second-order valence-electron chi connectivity index (χ2n) is 5.75. The SMILES string of the molecule is O=C(CSc1ccc(Br)cc1)N1CCN(Cc2ccncc2)CC1. The molecule has 1 fully saturated rings. The third-order valence-electron chi connectivity index (χ3n) is 4.06. The van der Waals surface area contributed by atoms with Crippen molar-refractivity contribution >= 4 is 33.6 Å². The number of amides is 1. The molecule has 1 aliphatic rings. The lowest BCUT2D eigenvalue weighted by Gasteiger charge is -2.34. The molecule has 1 aromatic heterocycles. The Labute approximate surface area is 155 Å². The van der Waals surface area contributed by atoms with E-state index in [9.17, 15) is 4.79 Å². The van der Waals surface area contributed by atoms with Gasteiger partial charge in [0.15, 0.2) is 0 Å². The maximum atomic E-state index is 12.4. The maximum Gasteiger partial charge on any atom is 0.233 e. The predicted octanol–water partition coefficient (Wildman–Crippen LogP) is 3.28. The van der Waals surface area contributed by atoms with Crippen molar-refractivity contribution in [2.24, 2.45) is 0 Å². The van der Waals surface area contributed by atoms with Gasteiger partial charge in [0.1, 0.15) is 0 Å². The van der Waals surface area contributed by atoms with Gasteiger partial charge in [0, 0.05) is 54.5 Å². The van der Waals surface area contributed by atoms with Crippen LogP contribution in [0, 0.1) is 0 Å². The Morgan fingerprint density at radius 2 is 1.71 bits per heavy atom. The number of aromatic nitrogens is 1. The van der Waals surface area contributed by atoms with Crippen molar-refractivity contribution in [1.82, 2.24) is 14.8 Å². The monoisotopic (exact) mass is 405 g/mol. The van der Waals surface area contributed by atoms with Gasteiger partial charge in [-0.3, -0.25) is 14.7 Å². The molecular weight excluding hydrogens is 386 g/mol. The summed E-state index contributed by atoms with van der Waals surface area (Å²) in [6, 6.07) is 12.2. The highest BCUT2D eigenvalue weighted by molar-refractivity contribution is 9.10. The number of pyridine rings is 1. The number of hydrogen-bond acceptors (Lipinski definition) is 4. The van der Waals surface area contributed by atoms with Crippen molar-refractivity contribution in [3.63, 3.8) is 0 Å². The van der Waals surface area contributed by atoms with E-state index in [1.807, 2.05) is 53.7 Å². The number of nitrogens with zero attached hydrogens (tertiary/aromatic N) is 3. The van der Waals surface area contributed by atoms with E-state index in [-0.39, 0.29) is 5.91 Å². The van der Waals surface area contributed by atoms with Gasteiger partial charge in [0.2, 0.25) is 5.91 Å². The van der Waals surface area contributed by atoms with Crippen molar-refractivity contribution in [3.05, 3.63) is 58.8 Å². The van der Waals surface area contributed by atoms with Crippen LogP contribution in [0.25, 0.3) is 0 Å². The van der Waals surface area contributed by atoms with Gasteiger partial charge in [-0.25, -0.2) is 0 Å². The van der Waals surface area contributed by atoms with E-state index in [2.05, 4.69) is 25.8 Å². The highest BCUT2D eigenvalue weighted by atomic mass is 79.9. The van der Waals surface area contributed by atoms with E-state index in [4.69, 9.17) is 0 Å². The number of carbonyl (C=O) groups excluding carboxylic acids is 1. The van der Waals surface area contributed by atoms with Crippen molar-refractivity contribution in [2.45, 2.75) is 11.4 Å². The van der Waals surface area contributed by atoms with Crippen molar-refractivity contribution in [2.75, 3.05) is 31.9 Å². The highest BCUT2D eigenvalue weighted by Gasteiger charge is 2.21. The third kappa shape index (κ3) is 5.06. The number of halogens is 1. The molecule has 2 aromatic rings. The molecule has 24 heavy (non-hydrogen) atoms. The standard InChI is InChI=1S/C18H20BrN3OS/c19-16-1-3-17(4-2-16)24-14-18(23)22-11-9-21(10-12-22)13-15-5-7-20-8-6-15/h1-8H,9-14H2. The molecular formula is C18H20BrN3OS. The van der Waals surface area contributed by atoms with Crippen LogP contribution in [0.3, 0.4) is 0 Å². The van der Waals surface area contributed by atoms with Crippen LogP contribution < -0.4 is 0 Å². The van der Waals surface area contributed by atoms with Crippen LogP contribution in [0.1, 0.15) is 5.56 Å². The molecule has 4 nitrogen and oxygen atoms in total. The molecule has 6 heteroatoms. The molecule has 3 rings (SSSR count). The summed E-state index contributed by atoms with van der Waals surface area (Å²) in [5, 5.41) is 0. The molecule has 126 valence electrons. The first-order valence-corrected chi connectivity index (χ1v) is 9.76. The number of piperazine rings is 1. The van der Waals surface area contributed by atoms with Gasteiger partial charge in [-0.05, 0) is 42.0 Å². The topological polar surface area (TPSA) is 36.4 Å². The Hall–Kier alpha value is -1.37. The lowest BCUT2D eigenvalue weighted by atomic mass is 10.2. The molecule has 1 saturated heterocycles. The first-order valence-electron chi connectivity index (χ1n) is 7.98. The number of hydrogen-bond donors (Lipinski definition) is 0. The Balaban J connectivity index is 1.42. The zero-order valence-electron chi connectivity index (χ0n) is 13.4. The third-order valence-corrected chi connectivity index (χ3v) is 5.58. The lowest BCUT2D eigenvalue weighted by Crippen LogP contribution is -2.48. The summed E-state index contributed by atoms with van der Waals surface area (Å²) < 4.78 is 1.06. The maximum absolute atomic E-state index is 12.4. The number of carbonyl (C=O) groups is 1. The largest absolute Gasteiger partial charge is 0.339 e. The van der Waals surface area contributed by atoms with Gasteiger partial charge in [0.25, 0.3) is 0 Å². The van der Waals surface area contributed by atoms with E-state index in [1.165, 1.54) is 5.56 Å². The van der Waals surface area contributed by atoms with E-state index >= 15 is 0 Å². The van der Waals surface area contributed by atoms with Crippen molar-refractivity contribution in [1.29, 1.82) is 0 Å². The molecule has 0 N–H and O–H groups in total. The van der Waals surface area contributed by atoms with Gasteiger partial charge in [-0.1, -0.05) is 15.9 Å². The summed E-state index contributed by atoms with van der Waals surface area (Å²) >= 11 is 5.03. The minimum Gasteiger partial charge on any atom is -0.339 e. The molecule has 0 bridgehead atoms. The summed E-state index contributed by atoms with van der Waals surface area (Å²) in [4.78, 5) is 21.9. The van der Waals surface area contributed by atoms with Gasteiger partial charge in [-0.15, -0.1) is 11.8 Å². The van der Waals surface area contributed by atoms with Crippen LogP contribution in [-0.4, -0.2) is 52.6 Å². The minimum atomic E-state index is 0.228. The van der Waals surface area contributed by atoms with Gasteiger partial charge in [0.05, 0.1) is 5.75 Å². The molecule has 0 unspecified atom stereocenters. The lowest BCUT2D eigenvalue weighted by molar-refractivity contribution is -0.130. The molecule has 0 atom stereocenters. The normalized spacial score (nSPS) is 15.5. The summed E-state index contributed by atoms with van der Waals surface area (Å²) in [5.41, 5.74) is 1.27. The summed E-state index contributed by atoms with van der Waals surface area (Å²) in [6.45, 7) is 4.40. The molecule has 1 aromatic carbocycles. The quantitative estimate of drug-likeness (QED) is 0.715. The number of rotatable bonds is 5. The van der Waals surface area contributed by atoms with E-state index in [0.29, 0.717) is 5.75 Å². The fourth-order valence-electron chi connectivity index (χ4n) is 2.67. The van der Waals surface area contributed by atoms with Gasteiger partial charge < -0.3 is 4.90 Å². The van der Waals surface area contributed by atoms with E-state index in [1.54, 1.807) is 11.8 Å². The molecule has 1 amide bonds. The fourth-order valence-corrected chi connectivity index (χ4v) is 3.73. The number of benzene rings is 1. The fraction of sp³-hybridized carbons (Fsp3) is 0.333. The van der Waals surface area contributed by atoms with Crippen LogP contribution in [0.2, 0.25) is 0 Å². The smallest absolute Gasteiger partial charge is 0.233 e. The van der Waals surface area contributed by atoms with E-state index < -0.39 is 0 Å². The highest BCUT2D eigenvalue weighted by Crippen LogP contribution is 2.21. The zero-order chi connectivity index (χ0) is 16.8. The molecule has 0 saturated carbocycles. The summed E-state index contributed by atoms with van der Waals surface area (Å²) in [6.07, 6.45) is 3.66. The minimum absolute atomic E-state index is 0.228. The van der Waals surface area contributed by atoms with Crippen molar-refractivity contribution < 1.29 is 4.79 Å². The van der Waals surface area contributed by atoms with Crippen LogP contribution in [0.5, 0.6) is 0 Å². The first kappa shape index (κ1) is 17.5. The first-order chi connectivity index (χ1) is 11.7. The van der Waals surface area contributed by atoms with Gasteiger partial charge in [-0.2, -0.15) is 0 Å². The Morgan fingerprint density at radius 1 is 1.04 bits per heavy atom. The molecule has 2 heterocycles. The van der Waals surface area contributed by atoms with Crippen molar-refractivity contribution in [3.8, 4) is 0 Å². The Kier molecular flexibility index (Phi) is 6.29.